The largest absolute Gasteiger partial charge is 0.454 e. The second-order valence-electron chi connectivity index (χ2n) is 5.29. The number of aromatic amines is 1. The molecule has 1 aromatic carbocycles. The highest BCUT2D eigenvalue weighted by Gasteiger charge is 2.08. The lowest BCUT2D eigenvalue weighted by Gasteiger charge is -2.07. The molecule has 3 aromatic rings. The molecule has 0 bridgehead atoms. The van der Waals surface area contributed by atoms with E-state index in [0.29, 0.717) is 0 Å². The first kappa shape index (κ1) is 14.2. The summed E-state index contributed by atoms with van der Waals surface area (Å²) in [6, 6.07) is 12.1. The first-order chi connectivity index (χ1) is 10.2. The molecule has 0 aliphatic carbocycles. The Morgan fingerprint density at radius 3 is 2.86 bits per heavy atom. The van der Waals surface area contributed by atoms with Gasteiger partial charge in [0.05, 0.1) is 11.0 Å². The Balaban J connectivity index is 1.63. The highest BCUT2D eigenvalue weighted by molar-refractivity contribution is 7.99. The van der Waals surface area contributed by atoms with Gasteiger partial charge in [0.25, 0.3) is 0 Å². The van der Waals surface area contributed by atoms with Crippen molar-refractivity contribution in [2.45, 2.75) is 23.1 Å². The number of nitrogens with zero attached hydrogens (tertiary/aromatic N) is 2. The van der Waals surface area contributed by atoms with E-state index in [1.807, 2.05) is 30.3 Å². The van der Waals surface area contributed by atoms with Crippen molar-refractivity contribution in [1.82, 2.24) is 14.9 Å². The predicted molar refractivity (Wildman–Crippen MR) is 85.8 cm³/mol. The molecule has 1 N–H and O–H groups in total. The Bertz CT molecular complexity index is 684. The van der Waals surface area contributed by atoms with Crippen molar-refractivity contribution < 1.29 is 4.42 Å². The molecule has 0 spiro atoms. The zero-order chi connectivity index (χ0) is 14.7. The van der Waals surface area contributed by atoms with Gasteiger partial charge in [-0.15, -0.1) is 0 Å². The quantitative estimate of drug-likeness (QED) is 0.752. The van der Waals surface area contributed by atoms with E-state index in [-0.39, 0.29) is 0 Å². The predicted octanol–water partition coefficient (Wildman–Crippen LogP) is 3.80. The summed E-state index contributed by atoms with van der Waals surface area (Å²) in [5.74, 6) is 1.04. The number of furan rings is 1. The Kier molecular flexibility index (Phi) is 4.31. The van der Waals surface area contributed by atoms with Gasteiger partial charge in [-0.05, 0) is 63.1 Å². The molecule has 110 valence electrons. The van der Waals surface area contributed by atoms with E-state index < -0.39 is 0 Å². The van der Waals surface area contributed by atoms with Crippen molar-refractivity contribution in [2.24, 2.45) is 0 Å². The SMILES string of the molecule is CN(C)CCCc1ccc(Sc2nc3ccccc3[nH]2)o1. The number of imidazole rings is 1. The molecule has 2 aromatic heterocycles. The Labute approximate surface area is 128 Å². The van der Waals surface area contributed by atoms with Crippen LogP contribution in [0.5, 0.6) is 0 Å². The van der Waals surface area contributed by atoms with Gasteiger partial charge in [0.2, 0.25) is 0 Å². The maximum absolute atomic E-state index is 5.85. The topological polar surface area (TPSA) is 45.1 Å². The normalized spacial score (nSPS) is 11.6. The number of aromatic nitrogens is 2. The van der Waals surface area contributed by atoms with Crippen molar-refractivity contribution in [3.8, 4) is 0 Å². The zero-order valence-corrected chi connectivity index (χ0v) is 13.1. The van der Waals surface area contributed by atoms with Crippen molar-refractivity contribution in [3.05, 3.63) is 42.2 Å². The molecular weight excluding hydrogens is 282 g/mol. The summed E-state index contributed by atoms with van der Waals surface area (Å²) < 4.78 is 5.85. The van der Waals surface area contributed by atoms with E-state index in [4.69, 9.17) is 4.42 Å². The average Bonchev–Trinajstić information content (AvgIpc) is 3.04. The molecule has 5 heteroatoms. The van der Waals surface area contributed by atoms with Crippen LogP contribution in [-0.4, -0.2) is 35.5 Å². The van der Waals surface area contributed by atoms with Crippen molar-refractivity contribution in [1.29, 1.82) is 0 Å². The molecular formula is C16H19N3OS. The molecule has 21 heavy (non-hydrogen) atoms. The van der Waals surface area contributed by atoms with E-state index in [9.17, 15) is 0 Å². The second-order valence-corrected chi connectivity index (χ2v) is 6.28. The highest BCUT2D eigenvalue weighted by Crippen LogP contribution is 2.29. The fourth-order valence-corrected chi connectivity index (χ4v) is 2.97. The summed E-state index contributed by atoms with van der Waals surface area (Å²) in [6.07, 6.45) is 2.08. The van der Waals surface area contributed by atoms with E-state index in [2.05, 4.69) is 35.0 Å². The molecule has 0 saturated carbocycles. The van der Waals surface area contributed by atoms with E-state index in [1.165, 1.54) is 11.8 Å². The van der Waals surface area contributed by atoms with Gasteiger partial charge in [-0.25, -0.2) is 4.98 Å². The second kappa shape index (κ2) is 6.37. The van der Waals surface area contributed by atoms with Crippen LogP contribution in [0.4, 0.5) is 0 Å². The van der Waals surface area contributed by atoms with E-state index in [1.54, 1.807) is 0 Å². The lowest BCUT2D eigenvalue weighted by molar-refractivity contribution is 0.378. The number of aryl methyl sites for hydroxylation is 1. The fourth-order valence-electron chi connectivity index (χ4n) is 2.19. The minimum absolute atomic E-state index is 0.866. The Morgan fingerprint density at radius 2 is 2.05 bits per heavy atom. The number of fused-ring (bicyclic) bond motifs is 1. The van der Waals surface area contributed by atoms with Crippen LogP contribution in [0.15, 0.2) is 51.1 Å². The van der Waals surface area contributed by atoms with Crippen LogP contribution in [-0.2, 0) is 6.42 Å². The van der Waals surface area contributed by atoms with E-state index >= 15 is 0 Å². The van der Waals surface area contributed by atoms with Crippen LogP contribution in [0.25, 0.3) is 11.0 Å². The van der Waals surface area contributed by atoms with Crippen LogP contribution in [0.2, 0.25) is 0 Å². The lowest BCUT2D eigenvalue weighted by atomic mass is 10.2. The number of hydrogen-bond acceptors (Lipinski definition) is 4. The van der Waals surface area contributed by atoms with Gasteiger partial charge in [-0.1, -0.05) is 12.1 Å². The summed E-state index contributed by atoms with van der Waals surface area (Å²) in [6.45, 7) is 1.08. The maximum Gasteiger partial charge on any atom is 0.174 e. The molecule has 0 aliphatic heterocycles. The fraction of sp³-hybridized carbons (Fsp3) is 0.312. The smallest absolute Gasteiger partial charge is 0.174 e. The summed E-state index contributed by atoms with van der Waals surface area (Å²) in [5, 5.41) is 1.75. The number of para-hydroxylation sites is 2. The Morgan fingerprint density at radius 1 is 1.19 bits per heavy atom. The lowest BCUT2D eigenvalue weighted by Crippen LogP contribution is -2.13. The average molecular weight is 301 g/mol. The number of rotatable bonds is 6. The minimum Gasteiger partial charge on any atom is -0.454 e. The number of benzene rings is 1. The van der Waals surface area contributed by atoms with Gasteiger partial charge < -0.3 is 14.3 Å². The summed E-state index contributed by atoms with van der Waals surface area (Å²) in [4.78, 5) is 10.0. The molecule has 4 nitrogen and oxygen atoms in total. The minimum atomic E-state index is 0.866. The first-order valence-corrected chi connectivity index (χ1v) is 7.88. The molecule has 0 unspecified atom stereocenters. The van der Waals surface area contributed by atoms with Crippen molar-refractivity contribution in [2.75, 3.05) is 20.6 Å². The van der Waals surface area contributed by atoms with Crippen LogP contribution in [0.1, 0.15) is 12.2 Å². The highest BCUT2D eigenvalue weighted by atomic mass is 32.2. The van der Waals surface area contributed by atoms with Gasteiger partial charge >= 0.3 is 0 Å². The maximum atomic E-state index is 5.85. The number of nitrogens with one attached hydrogen (secondary N) is 1. The molecule has 0 aliphatic rings. The van der Waals surface area contributed by atoms with E-state index in [0.717, 1.165) is 46.4 Å². The third-order valence-corrected chi connectivity index (χ3v) is 4.04. The number of hydrogen-bond donors (Lipinski definition) is 1. The van der Waals surface area contributed by atoms with Gasteiger partial charge in [0.1, 0.15) is 5.76 Å². The molecule has 0 atom stereocenters. The summed E-state index contributed by atoms with van der Waals surface area (Å²) >= 11 is 1.53. The van der Waals surface area contributed by atoms with Crippen LogP contribution >= 0.6 is 11.8 Å². The molecule has 3 rings (SSSR count). The van der Waals surface area contributed by atoms with Gasteiger partial charge in [0.15, 0.2) is 10.2 Å². The van der Waals surface area contributed by atoms with Crippen LogP contribution in [0, 0.1) is 0 Å². The van der Waals surface area contributed by atoms with Gasteiger partial charge in [-0.2, -0.15) is 0 Å². The van der Waals surface area contributed by atoms with Crippen molar-refractivity contribution >= 4 is 22.8 Å². The van der Waals surface area contributed by atoms with Gasteiger partial charge in [0, 0.05) is 6.42 Å². The zero-order valence-electron chi connectivity index (χ0n) is 12.3. The Hall–Kier alpha value is -1.72. The first-order valence-electron chi connectivity index (χ1n) is 7.07. The van der Waals surface area contributed by atoms with Crippen LogP contribution in [0.3, 0.4) is 0 Å². The monoisotopic (exact) mass is 301 g/mol. The molecule has 0 radical (unpaired) electrons. The molecule has 0 fully saturated rings. The number of H-pyrrole nitrogens is 1. The summed E-state index contributed by atoms with van der Waals surface area (Å²) in [5.41, 5.74) is 2.04. The standard InChI is InChI=1S/C16H19N3OS/c1-19(2)11-5-6-12-9-10-15(20-12)21-16-17-13-7-3-4-8-14(13)18-16/h3-4,7-10H,5-6,11H2,1-2H3,(H,17,18). The van der Waals surface area contributed by atoms with Crippen molar-refractivity contribution in [3.63, 3.8) is 0 Å². The molecule has 0 amide bonds. The third kappa shape index (κ3) is 3.68. The summed E-state index contributed by atoms with van der Waals surface area (Å²) in [7, 11) is 4.18. The molecule has 0 saturated heterocycles. The van der Waals surface area contributed by atoms with Crippen LogP contribution < -0.4 is 0 Å². The van der Waals surface area contributed by atoms with Gasteiger partial charge in [-0.3, -0.25) is 0 Å². The third-order valence-electron chi connectivity index (χ3n) is 3.23. The molecule has 2 heterocycles.